The van der Waals surface area contributed by atoms with Crippen LogP contribution in [0.3, 0.4) is 0 Å². The molecule has 1 aliphatic heterocycles. The van der Waals surface area contributed by atoms with Gasteiger partial charge in [0, 0.05) is 57.3 Å². The van der Waals surface area contributed by atoms with Gasteiger partial charge in [-0.1, -0.05) is 0 Å². The maximum absolute atomic E-state index is 12.0. The van der Waals surface area contributed by atoms with Crippen LogP contribution in [0.25, 0.3) is 0 Å². The highest BCUT2D eigenvalue weighted by Crippen LogP contribution is 2.11. The van der Waals surface area contributed by atoms with Crippen LogP contribution in [-0.2, 0) is 16.1 Å². The van der Waals surface area contributed by atoms with Crippen LogP contribution in [-0.4, -0.2) is 60.2 Å². The Labute approximate surface area is 125 Å². The zero-order valence-corrected chi connectivity index (χ0v) is 12.5. The summed E-state index contributed by atoms with van der Waals surface area (Å²) in [5.41, 5.74) is 6.45. The molecule has 0 bridgehead atoms. The van der Waals surface area contributed by atoms with Crippen LogP contribution in [0, 0.1) is 0 Å². The first-order chi connectivity index (χ1) is 10.2. The quantitative estimate of drug-likeness (QED) is 0.744. The second-order valence-corrected chi connectivity index (χ2v) is 4.91. The van der Waals surface area contributed by atoms with Crippen LogP contribution < -0.4 is 10.6 Å². The molecule has 21 heavy (non-hydrogen) atoms. The SMILES string of the molecule is CCOCCC(=O)N1CCN(c2ncc(CN)cn2)CC1. The summed E-state index contributed by atoms with van der Waals surface area (Å²) in [7, 11) is 0. The van der Waals surface area contributed by atoms with Gasteiger partial charge < -0.3 is 20.3 Å². The summed E-state index contributed by atoms with van der Waals surface area (Å²) >= 11 is 0. The molecule has 0 aliphatic carbocycles. The van der Waals surface area contributed by atoms with E-state index < -0.39 is 0 Å². The van der Waals surface area contributed by atoms with Crippen LogP contribution in [0.1, 0.15) is 18.9 Å². The maximum Gasteiger partial charge on any atom is 0.225 e. The molecule has 0 unspecified atom stereocenters. The summed E-state index contributed by atoms with van der Waals surface area (Å²) < 4.78 is 5.22. The van der Waals surface area contributed by atoms with E-state index in [-0.39, 0.29) is 5.91 Å². The lowest BCUT2D eigenvalue weighted by Gasteiger charge is -2.34. The highest BCUT2D eigenvalue weighted by atomic mass is 16.5. The fourth-order valence-corrected chi connectivity index (χ4v) is 2.23. The van der Waals surface area contributed by atoms with Gasteiger partial charge in [-0.15, -0.1) is 0 Å². The standard InChI is InChI=1S/C14H23N5O2/c1-2-21-8-3-13(20)18-4-6-19(7-5-18)14-16-10-12(9-15)11-17-14/h10-11H,2-9,15H2,1H3. The van der Waals surface area contributed by atoms with E-state index in [1.54, 1.807) is 12.4 Å². The van der Waals surface area contributed by atoms with E-state index in [4.69, 9.17) is 10.5 Å². The van der Waals surface area contributed by atoms with Gasteiger partial charge in [0.1, 0.15) is 0 Å². The van der Waals surface area contributed by atoms with Crippen LogP contribution in [0.5, 0.6) is 0 Å². The van der Waals surface area contributed by atoms with Crippen LogP contribution >= 0.6 is 0 Å². The van der Waals surface area contributed by atoms with Gasteiger partial charge >= 0.3 is 0 Å². The van der Waals surface area contributed by atoms with E-state index in [2.05, 4.69) is 14.9 Å². The molecule has 7 nitrogen and oxygen atoms in total. The van der Waals surface area contributed by atoms with E-state index in [1.165, 1.54) is 0 Å². The average Bonchev–Trinajstić information content (AvgIpc) is 2.55. The first kappa shape index (κ1) is 15.7. The number of carbonyl (C=O) groups excluding carboxylic acids is 1. The summed E-state index contributed by atoms with van der Waals surface area (Å²) in [5.74, 6) is 0.858. The van der Waals surface area contributed by atoms with Crippen molar-refractivity contribution in [3.05, 3.63) is 18.0 Å². The molecular formula is C14H23N5O2. The van der Waals surface area contributed by atoms with Crippen molar-refractivity contribution < 1.29 is 9.53 Å². The summed E-state index contributed by atoms with van der Waals surface area (Å²) in [6.45, 7) is 6.43. The lowest BCUT2D eigenvalue weighted by molar-refractivity contribution is -0.132. The molecule has 2 heterocycles. The van der Waals surface area contributed by atoms with E-state index in [9.17, 15) is 4.79 Å². The van der Waals surface area contributed by atoms with Crippen molar-refractivity contribution in [1.29, 1.82) is 0 Å². The molecule has 7 heteroatoms. The molecule has 1 aromatic rings. The van der Waals surface area contributed by atoms with Gasteiger partial charge in [-0.25, -0.2) is 9.97 Å². The highest BCUT2D eigenvalue weighted by Gasteiger charge is 2.22. The smallest absolute Gasteiger partial charge is 0.225 e. The zero-order chi connectivity index (χ0) is 15.1. The molecule has 116 valence electrons. The summed E-state index contributed by atoms with van der Waals surface area (Å²) in [6, 6.07) is 0. The number of piperazine rings is 1. The number of carbonyl (C=O) groups is 1. The Balaban J connectivity index is 1.80. The van der Waals surface area contributed by atoms with Gasteiger partial charge in [-0.3, -0.25) is 4.79 Å². The van der Waals surface area contributed by atoms with Gasteiger partial charge in [-0.05, 0) is 6.92 Å². The van der Waals surface area contributed by atoms with Crippen molar-refractivity contribution in [1.82, 2.24) is 14.9 Å². The van der Waals surface area contributed by atoms with Crippen LogP contribution in [0.15, 0.2) is 12.4 Å². The molecule has 1 amide bonds. The average molecular weight is 293 g/mol. The third-order valence-corrected chi connectivity index (χ3v) is 3.51. The molecule has 0 spiro atoms. The summed E-state index contributed by atoms with van der Waals surface area (Å²) in [6.07, 6.45) is 3.96. The molecule has 0 saturated carbocycles. The van der Waals surface area contributed by atoms with E-state index in [1.807, 2.05) is 11.8 Å². The third kappa shape index (κ3) is 4.37. The number of rotatable bonds is 6. The van der Waals surface area contributed by atoms with Crippen LogP contribution in [0.4, 0.5) is 5.95 Å². The minimum absolute atomic E-state index is 0.155. The Bertz CT molecular complexity index is 443. The Morgan fingerprint density at radius 1 is 1.29 bits per heavy atom. The Morgan fingerprint density at radius 2 is 1.95 bits per heavy atom. The third-order valence-electron chi connectivity index (χ3n) is 3.51. The highest BCUT2D eigenvalue weighted by molar-refractivity contribution is 5.76. The summed E-state index contributed by atoms with van der Waals surface area (Å²) in [4.78, 5) is 24.6. The molecule has 1 fully saturated rings. The van der Waals surface area contributed by atoms with Crippen molar-refractivity contribution in [3.8, 4) is 0 Å². The fraction of sp³-hybridized carbons (Fsp3) is 0.643. The Kier molecular flexibility index (Phi) is 5.89. The van der Waals surface area contributed by atoms with Crippen molar-refractivity contribution >= 4 is 11.9 Å². The molecular weight excluding hydrogens is 270 g/mol. The normalized spacial score (nSPS) is 15.3. The zero-order valence-electron chi connectivity index (χ0n) is 12.5. The fourth-order valence-electron chi connectivity index (χ4n) is 2.23. The predicted octanol–water partition coefficient (Wildman–Crippen LogP) is 0.0105. The van der Waals surface area contributed by atoms with Gasteiger partial charge in [0.15, 0.2) is 0 Å². The van der Waals surface area contributed by atoms with Crippen molar-refractivity contribution in [2.75, 3.05) is 44.3 Å². The lowest BCUT2D eigenvalue weighted by Crippen LogP contribution is -2.49. The topological polar surface area (TPSA) is 84.6 Å². The van der Waals surface area contributed by atoms with Gasteiger partial charge in [-0.2, -0.15) is 0 Å². The second kappa shape index (κ2) is 7.90. The van der Waals surface area contributed by atoms with Crippen molar-refractivity contribution in [2.24, 2.45) is 5.73 Å². The molecule has 2 rings (SSSR count). The monoisotopic (exact) mass is 293 g/mol. The molecule has 1 saturated heterocycles. The van der Waals surface area contributed by atoms with Crippen LogP contribution in [0.2, 0.25) is 0 Å². The molecule has 0 radical (unpaired) electrons. The van der Waals surface area contributed by atoms with Crippen molar-refractivity contribution in [2.45, 2.75) is 19.9 Å². The Hall–Kier alpha value is -1.73. The molecule has 2 N–H and O–H groups in total. The van der Waals surface area contributed by atoms with E-state index >= 15 is 0 Å². The number of aromatic nitrogens is 2. The number of nitrogens with two attached hydrogens (primary N) is 1. The van der Waals surface area contributed by atoms with Gasteiger partial charge in [0.2, 0.25) is 11.9 Å². The molecule has 0 aromatic carbocycles. The lowest BCUT2D eigenvalue weighted by atomic mass is 10.3. The second-order valence-electron chi connectivity index (χ2n) is 4.91. The maximum atomic E-state index is 12.0. The molecule has 0 atom stereocenters. The summed E-state index contributed by atoms with van der Waals surface area (Å²) in [5, 5.41) is 0. The van der Waals surface area contributed by atoms with E-state index in [0.717, 1.165) is 18.7 Å². The first-order valence-electron chi connectivity index (χ1n) is 7.36. The minimum atomic E-state index is 0.155. The first-order valence-corrected chi connectivity index (χ1v) is 7.36. The number of hydrogen-bond donors (Lipinski definition) is 1. The number of nitrogens with zero attached hydrogens (tertiary/aromatic N) is 4. The largest absolute Gasteiger partial charge is 0.381 e. The van der Waals surface area contributed by atoms with Gasteiger partial charge in [0.05, 0.1) is 13.0 Å². The predicted molar refractivity (Wildman–Crippen MR) is 79.8 cm³/mol. The Morgan fingerprint density at radius 3 is 2.52 bits per heavy atom. The number of anilines is 1. The van der Waals surface area contributed by atoms with Gasteiger partial charge in [0.25, 0.3) is 0 Å². The minimum Gasteiger partial charge on any atom is -0.381 e. The van der Waals surface area contributed by atoms with Crippen molar-refractivity contribution in [3.63, 3.8) is 0 Å². The number of hydrogen-bond acceptors (Lipinski definition) is 6. The molecule has 1 aliphatic rings. The molecule has 1 aromatic heterocycles. The number of ether oxygens (including phenoxy) is 1. The number of amides is 1. The van der Waals surface area contributed by atoms with E-state index in [0.29, 0.717) is 45.2 Å².